The van der Waals surface area contributed by atoms with E-state index >= 15 is 0 Å². The Hall–Kier alpha value is -2.25. The van der Waals surface area contributed by atoms with Crippen LogP contribution < -0.4 is 4.74 Å². The van der Waals surface area contributed by atoms with Gasteiger partial charge in [0, 0.05) is 18.7 Å². The highest BCUT2D eigenvalue weighted by molar-refractivity contribution is 6.32. The number of ether oxygens (including phenoxy) is 1. The molecule has 1 aromatic heterocycles. The maximum Gasteiger partial charge on any atom is 0.220 e. The topological polar surface area (TPSA) is 50.8 Å². The zero-order valence-corrected chi connectivity index (χ0v) is 12.3. The van der Waals surface area contributed by atoms with Gasteiger partial charge in [0.05, 0.1) is 16.8 Å². The van der Waals surface area contributed by atoms with Crippen LogP contribution in [0.15, 0.2) is 24.3 Å². The Bertz CT molecular complexity index is 711. The number of allylic oxidation sites excluding steroid dienone is 1. The van der Waals surface area contributed by atoms with Gasteiger partial charge in [-0.25, -0.2) is 4.68 Å². The van der Waals surface area contributed by atoms with Gasteiger partial charge in [-0.2, -0.15) is 10.4 Å². The Balaban J connectivity index is 2.38. The van der Waals surface area contributed by atoms with E-state index in [-0.39, 0.29) is 0 Å². The molecule has 2 rings (SSSR count). The summed E-state index contributed by atoms with van der Waals surface area (Å²) in [6.07, 6.45) is 3.11. The third-order valence-electron chi connectivity index (χ3n) is 2.97. The van der Waals surface area contributed by atoms with Gasteiger partial charge >= 0.3 is 0 Å². The van der Waals surface area contributed by atoms with Gasteiger partial charge in [-0.15, -0.1) is 0 Å². The fraction of sp³-hybridized carbons (Fsp3) is 0.200. The van der Waals surface area contributed by atoms with Gasteiger partial charge in [-0.3, -0.25) is 0 Å². The number of nitrogens with zero attached hydrogens (tertiary/aromatic N) is 3. The lowest BCUT2D eigenvalue weighted by Gasteiger charge is -2.09. The second kappa shape index (κ2) is 5.81. The van der Waals surface area contributed by atoms with Crippen LogP contribution in [0.5, 0.6) is 11.6 Å². The minimum Gasteiger partial charge on any atom is -0.437 e. The van der Waals surface area contributed by atoms with Gasteiger partial charge in [-0.1, -0.05) is 17.7 Å². The van der Waals surface area contributed by atoms with Crippen molar-refractivity contribution in [1.29, 1.82) is 5.26 Å². The van der Waals surface area contributed by atoms with Gasteiger partial charge in [0.2, 0.25) is 5.88 Å². The van der Waals surface area contributed by atoms with Gasteiger partial charge in [0.25, 0.3) is 0 Å². The molecule has 4 nitrogen and oxygen atoms in total. The predicted molar refractivity (Wildman–Crippen MR) is 78.9 cm³/mol. The molecule has 0 spiro atoms. The molecule has 0 aliphatic heterocycles. The van der Waals surface area contributed by atoms with E-state index in [4.69, 9.17) is 21.6 Å². The van der Waals surface area contributed by atoms with Crippen molar-refractivity contribution in [1.82, 2.24) is 9.78 Å². The fourth-order valence-electron chi connectivity index (χ4n) is 1.82. The molecule has 1 aromatic carbocycles. The van der Waals surface area contributed by atoms with Crippen molar-refractivity contribution < 1.29 is 4.74 Å². The highest BCUT2D eigenvalue weighted by atomic mass is 35.5. The highest BCUT2D eigenvalue weighted by Crippen LogP contribution is 2.32. The third kappa shape index (κ3) is 2.84. The first-order valence-electron chi connectivity index (χ1n) is 6.06. The normalized spacial score (nSPS) is 10.8. The molecular formula is C15H14ClN3O. The summed E-state index contributed by atoms with van der Waals surface area (Å²) in [5, 5.41) is 13.4. The average molecular weight is 288 g/mol. The SMILES string of the molecule is Cc1nn(C)c(Oc2cc(C=CC#N)ccc2Cl)c1C. The van der Waals surface area contributed by atoms with Crippen LogP contribution >= 0.6 is 11.6 Å². The number of benzene rings is 1. The maximum absolute atomic E-state index is 8.56. The van der Waals surface area contributed by atoms with Crippen LogP contribution in [0.3, 0.4) is 0 Å². The summed E-state index contributed by atoms with van der Waals surface area (Å²) in [6.45, 7) is 3.88. The van der Waals surface area contributed by atoms with Crippen LogP contribution in [0.25, 0.3) is 6.08 Å². The molecule has 0 atom stereocenters. The van der Waals surface area contributed by atoms with Crippen LogP contribution in [0.2, 0.25) is 5.02 Å². The molecule has 0 aliphatic carbocycles. The monoisotopic (exact) mass is 287 g/mol. The molecule has 102 valence electrons. The van der Waals surface area contributed by atoms with Gasteiger partial charge in [-0.05, 0) is 37.6 Å². The lowest BCUT2D eigenvalue weighted by Crippen LogP contribution is -1.96. The summed E-state index contributed by atoms with van der Waals surface area (Å²) in [6, 6.07) is 7.31. The first kappa shape index (κ1) is 14.2. The summed E-state index contributed by atoms with van der Waals surface area (Å²) >= 11 is 6.15. The first-order valence-corrected chi connectivity index (χ1v) is 6.44. The Labute approximate surface area is 122 Å². The summed E-state index contributed by atoms with van der Waals surface area (Å²) < 4.78 is 7.54. The smallest absolute Gasteiger partial charge is 0.220 e. The minimum absolute atomic E-state index is 0.511. The van der Waals surface area contributed by atoms with Crippen molar-refractivity contribution in [3.63, 3.8) is 0 Å². The van der Waals surface area contributed by atoms with Crippen molar-refractivity contribution in [2.24, 2.45) is 7.05 Å². The number of aryl methyl sites for hydroxylation is 2. The van der Waals surface area contributed by atoms with E-state index in [1.807, 2.05) is 33.0 Å². The number of hydrogen-bond donors (Lipinski definition) is 0. The van der Waals surface area contributed by atoms with E-state index in [0.29, 0.717) is 16.7 Å². The van der Waals surface area contributed by atoms with Crippen molar-refractivity contribution in [2.45, 2.75) is 13.8 Å². The largest absolute Gasteiger partial charge is 0.437 e. The molecule has 0 saturated carbocycles. The molecule has 0 radical (unpaired) electrons. The number of hydrogen-bond acceptors (Lipinski definition) is 3. The van der Waals surface area contributed by atoms with E-state index in [9.17, 15) is 0 Å². The van der Waals surface area contributed by atoms with Gasteiger partial charge in [0.15, 0.2) is 0 Å². The van der Waals surface area contributed by atoms with Crippen LogP contribution in [0.1, 0.15) is 16.8 Å². The number of nitriles is 1. The second-order valence-corrected chi connectivity index (χ2v) is 4.80. The van der Waals surface area contributed by atoms with E-state index in [1.54, 1.807) is 22.9 Å². The summed E-state index contributed by atoms with van der Waals surface area (Å²) in [4.78, 5) is 0. The Kier molecular flexibility index (Phi) is 4.11. The molecule has 0 saturated heterocycles. The molecule has 5 heteroatoms. The third-order valence-corrected chi connectivity index (χ3v) is 3.28. The number of aromatic nitrogens is 2. The lowest BCUT2D eigenvalue weighted by atomic mass is 10.2. The summed E-state index contributed by atoms with van der Waals surface area (Å²) in [7, 11) is 1.82. The van der Waals surface area contributed by atoms with Gasteiger partial charge in [0.1, 0.15) is 5.75 Å². The fourth-order valence-corrected chi connectivity index (χ4v) is 1.98. The van der Waals surface area contributed by atoms with Gasteiger partial charge < -0.3 is 4.74 Å². The molecule has 2 aromatic rings. The molecule has 0 N–H and O–H groups in total. The number of rotatable bonds is 3. The van der Waals surface area contributed by atoms with Crippen molar-refractivity contribution in [2.75, 3.05) is 0 Å². The molecule has 0 fully saturated rings. The van der Waals surface area contributed by atoms with Crippen LogP contribution in [0, 0.1) is 25.2 Å². The number of halogens is 1. The Morgan fingerprint density at radius 3 is 2.75 bits per heavy atom. The van der Waals surface area contributed by atoms with Crippen LogP contribution in [-0.2, 0) is 7.05 Å². The first-order chi connectivity index (χ1) is 9.52. The molecule has 0 aliphatic rings. The van der Waals surface area contributed by atoms with Crippen molar-refractivity contribution in [3.8, 4) is 17.7 Å². The maximum atomic E-state index is 8.56. The average Bonchev–Trinajstić information content (AvgIpc) is 2.66. The zero-order valence-electron chi connectivity index (χ0n) is 11.5. The van der Waals surface area contributed by atoms with Crippen LogP contribution in [-0.4, -0.2) is 9.78 Å². The molecule has 0 amide bonds. The molecule has 0 bridgehead atoms. The molecular weight excluding hydrogens is 274 g/mol. The van der Waals surface area contributed by atoms with E-state index in [2.05, 4.69) is 5.10 Å². The second-order valence-electron chi connectivity index (χ2n) is 4.39. The molecule has 1 heterocycles. The van der Waals surface area contributed by atoms with Crippen LogP contribution in [0.4, 0.5) is 0 Å². The minimum atomic E-state index is 0.511. The standard InChI is InChI=1S/C15H14ClN3O/c1-10-11(2)18-19(3)15(10)20-14-9-12(5-4-8-17)6-7-13(14)16/h4-7,9H,1-3H3. The molecule has 0 unspecified atom stereocenters. The van der Waals surface area contributed by atoms with Crippen molar-refractivity contribution >= 4 is 17.7 Å². The van der Waals surface area contributed by atoms with E-state index in [1.165, 1.54) is 6.08 Å². The summed E-state index contributed by atoms with van der Waals surface area (Å²) in [5.41, 5.74) is 2.74. The zero-order chi connectivity index (χ0) is 14.7. The lowest BCUT2D eigenvalue weighted by molar-refractivity contribution is 0.428. The summed E-state index contributed by atoms with van der Waals surface area (Å²) in [5.74, 6) is 1.20. The van der Waals surface area contributed by atoms with E-state index in [0.717, 1.165) is 16.8 Å². The highest BCUT2D eigenvalue weighted by Gasteiger charge is 2.13. The Morgan fingerprint density at radius 2 is 2.15 bits per heavy atom. The van der Waals surface area contributed by atoms with E-state index < -0.39 is 0 Å². The predicted octanol–water partition coefficient (Wildman–Crippen LogP) is 4.02. The molecule has 20 heavy (non-hydrogen) atoms. The quantitative estimate of drug-likeness (QED) is 0.801. The van der Waals surface area contributed by atoms with Crippen molar-refractivity contribution in [3.05, 3.63) is 46.1 Å². The Morgan fingerprint density at radius 1 is 1.40 bits per heavy atom.